The number of hydrogen-bond donors (Lipinski definition) is 3. The van der Waals surface area contributed by atoms with Crippen LogP contribution in [0.3, 0.4) is 0 Å². The third-order valence-electron chi connectivity index (χ3n) is 3.99. The van der Waals surface area contributed by atoms with E-state index in [2.05, 4.69) is 16.0 Å². The van der Waals surface area contributed by atoms with E-state index in [9.17, 15) is 14.4 Å². The molecule has 1 fully saturated rings. The summed E-state index contributed by atoms with van der Waals surface area (Å²) in [5.41, 5.74) is 1.78. The molecule has 3 N–H and O–H groups in total. The van der Waals surface area contributed by atoms with Crippen molar-refractivity contribution < 1.29 is 23.9 Å². The van der Waals surface area contributed by atoms with Gasteiger partial charge in [-0.3, -0.25) is 14.9 Å². The molecule has 0 bridgehead atoms. The first-order valence-electron chi connectivity index (χ1n) is 9.09. The second-order valence-electron chi connectivity index (χ2n) is 6.16. The van der Waals surface area contributed by atoms with Gasteiger partial charge in [0.1, 0.15) is 5.70 Å². The van der Waals surface area contributed by atoms with Crippen LogP contribution in [0.1, 0.15) is 18.1 Å². The molecule has 1 aliphatic rings. The second-order valence-corrected chi connectivity index (χ2v) is 6.16. The van der Waals surface area contributed by atoms with E-state index in [4.69, 9.17) is 9.47 Å². The van der Waals surface area contributed by atoms with E-state index in [0.29, 0.717) is 30.2 Å². The molecule has 0 aromatic heterocycles. The largest absolute Gasteiger partial charge is 0.490 e. The van der Waals surface area contributed by atoms with Crippen molar-refractivity contribution in [1.29, 1.82) is 0 Å². The Labute approximate surface area is 167 Å². The van der Waals surface area contributed by atoms with Crippen molar-refractivity contribution in [3.63, 3.8) is 0 Å². The fourth-order valence-corrected chi connectivity index (χ4v) is 2.64. The van der Waals surface area contributed by atoms with E-state index in [1.165, 1.54) is 6.08 Å². The number of nitrogens with one attached hydrogen (secondary N) is 3. The Morgan fingerprint density at radius 3 is 2.52 bits per heavy atom. The predicted octanol–water partition coefficient (Wildman–Crippen LogP) is 1.96. The van der Waals surface area contributed by atoms with Crippen LogP contribution >= 0.6 is 0 Å². The van der Waals surface area contributed by atoms with E-state index in [-0.39, 0.29) is 18.2 Å². The minimum atomic E-state index is -0.562. The summed E-state index contributed by atoms with van der Waals surface area (Å²) in [4.78, 5) is 34.9. The lowest BCUT2D eigenvalue weighted by atomic mass is 10.1. The number of imide groups is 1. The fourth-order valence-electron chi connectivity index (χ4n) is 2.64. The third-order valence-corrected chi connectivity index (χ3v) is 3.99. The van der Waals surface area contributed by atoms with E-state index < -0.39 is 11.9 Å². The minimum Gasteiger partial charge on any atom is -0.490 e. The van der Waals surface area contributed by atoms with Crippen LogP contribution in [0.4, 0.5) is 4.79 Å². The number of benzene rings is 2. The van der Waals surface area contributed by atoms with Crippen molar-refractivity contribution >= 4 is 23.9 Å². The highest BCUT2D eigenvalue weighted by atomic mass is 16.5. The van der Waals surface area contributed by atoms with Crippen molar-refractivity contribution in [2.24, 2.45) is 0 Å². The maximum absolute atomic E-state index is 12.1. The quantitative estimate of drug-likeness (QED) is 0.468. The number of amides is 4. The van der Waals surface area contributed by atoms with E-state index in [1.807, 2.05) is 37.3 Å². The molecule has 1 heterocycles. The first-order chi connectivity index (χ1) is 14.0. The summed E-state index contributed by atoms with van der Waals surface area (Å²) in [5.74, 6) is 0.0856. The van der Waals surface area contributed by atoms with Gasteiger partial charge in [0.15, 0.2) is 18.1 Å². The Morgan fingerprint density at radius 2 is 1.83 bits per heavy atom. The van der Waals surface area contributed by atoms with Gasteiger partial charge < -0.3 is 20.1 Å². The lowest BCUT2D eigenvalue weighted by Gasteiger charge is -2.13. The molecule has 0 radical (unpaired) electrons. The van der Waals surface area contributed by atoms with Crippen LogP contribution in [-0.2, 0) is 16.1 Å². The normalized spacial score (nSPS) is 14.3. The third kappa shape index (κ3) is 5.58. The lowest BCUT2D eigenvalue weighted by molar-refractivity contribution is -0.123. The van der Waals surface area contributed by atoms with Gasteiger partial charge in [0.2, 0.25) is 0 Å². The minimum absolute atomic E-state index is 0.145. The molecule has 150 valence electrons. The first kappa shape index (κ1) is 19.9. The fraction of sp³-hybridized carbons (Fsp3) is 0.190. The molecule has 0 unspecified atom stereocenters. The van der Waals surface area contributed by atoms with Gasteiger partial charge in [0.25, 0.3) is 11.8 Å². The highest BCUT2D eigenvalue weighted by molar-refractivity contribution is 6.14. The molecular formula is C21H21N3O5. The Kier molecular flexibility index (Phi) is 6.47. The summed E-state index contributed by atoms with van der Waals surface area (Å²) in [7, 11) is 0. The predicted molar refractivity (Wildman–Crippen MR) is 106 cm³/mol. The molecule has 1 saturated heterocycles. The van der Waals surface area contributed by atoms with Crippen LogP contribution in [0.25, 0.3) is 6.08 Å². The van der Waals surface area contributed by atoms with Gasteiger partial charge in [-0.15, -0.1) is 0 Å². The summed E-state index contributed by atoms with van der Waals surface area (Å²) >= 11 is 0. The molecule has 4 amide bonds. The average molecular weight is 395 g/mol. The molecule has 2 aromatic rings. The van der Waals surface area contributed by atoms with Gasteiger partial charge in [-0.25, -0.2) is 4.79 Å². The van der Waals surface area contributed by atoms with Gasteiger partial charge in [-0.2, -0.15) is 0 Å². The number of ether oxygens (including phenoxy) is 2. The van der Waals surface area contributed by atoms with Crippen LogP contribution in [0, 0.1) is 0 Å². The van der Waals surface area contributed by atoms with Crippen molar-refractivity contribution in [2.75, 3.05) is 13.2 Å². The van der Waals surface area contributed by atoms with Crippen LogP contribution in [0.15, 0.2) is 54.2 Å². The van der Waals surface area contributed by atoms with Crippen molar-refractivity contribution in [2.45, 2.75) is 13.5 Å². The number of urea groups is 1. The summed E-state index contributed by atoms with van der Waals surface area (Å²) in [6.45, 7) is 2.48. The highest BCUT2D eigenvalue weighted by Crippen LogP contribution is 2.29. The van der Waals surface area contributed by atoms with E-state index in [1.54, 1.807) is 18.2 Å². The summed E-state index contributed by atoms with van der Waals surface area (Å²) < 4.78 is 11.2. The van der Waals surface area contributed by atoms with Crippen LogP contribution < -0.4 is 25.4 Å². The maximum atomic E-state index is 12.1. The second kappa shape index (κ2) is 9.41. The average Bonchev–Trinajstić information content (AvgIpc) is 3.03. The van der Waals surface area contributed by atoms with Crippen molar-refractivity contribution in [3.05, 3.63) is 65.4 Å². The Balaban J connectivity index is 1.62. The molecule has 0 aliphatic carbocycles. The molecule has 29 heavy (non-hydrogen) atoms. The molecule has 8 nitrogen and oxygen atoms in total. The van der Waals surface area contributed by atoms with Crippen LogP contribution in [0.5, 0.6) is 11.5 Å². The van der Waals surface area contributed by atoms with E-state index >= 15 is 0 Å². The zero-order valence-corrected chi connectivity index (χ0v) is 15.9. The van der Waals surface area contributed by atoms with Gasteiger partial charge in [0.05, 0.1) is 6.61 Å². The maximum Gasteiger partial charge on any atom is 0.326 e. The lowest BCUT2D eigenvalue weighted by Crippen LogP contribution is -2.28. The number of hydrogen-bond acceptors (Lipinski definition) is 5. The topological polar surface area (TPSA) is 106 Å². The summed E-state index contributed by atoms with van der Waals surface area (Å²) in [5, 5.41) is 7.35. The van der Waals surface area contributed by atoms with Crippen LogP contribution in [0.2, 0.25) is 0 Å². The van der Waals surface area contributed by atoms with E-state index in [0.717, 1.165) is 5.56 Å². The number of rotatable bonds is 8. The molecular weight excluding hydrogens is 374 g/mol. The Hall–Kier alpha value is -3.81. The SMILES string of the molecule is CCOc1cc(/C=C2/NC(=O)NC2=O)ccc1OCC(=O)NCc1ccccc1. The summed E-state index contributed by atoms with van der Waals surface area (Å²) in [6, 6.07) is 14.0. The summed E-state index contributed by atoms with van der Waals surface area (Å²) in [6.07, 6.45) is 1.53. The number of carbonyl (C=O) groups excluding carboxylic acids is 3. The molecule has 3 rings (SSSR count). The molecule has 0 saturated carbocycles. The standard InChI is InChI=1S/C21H21N3O5/c1-2-28-18-11-15(10-16-20(26)24-21(27)23-16)8-9-17(18)29-13-19(25)22-12-14-6-4-3-5-7-14/h3-11H,2,12-13H2,1H3,(H,22,25)(H2,23,24,26,27)/b16-10+. The first-order valence-corrected chi connectivity index (χ1v) is 9.09. The van der Waals surface area contributed by atoms with Gasteiger partial charge in [-0.1, -0.05) is 36.4 Å². The zero-order chi connectivity index (χ0) is 20.6. The smallest absolute Gasteiger partial charge is 0.326 e. The van der Waals surface area contributed by atoms with Crippen molar-refractivity contribution in [3.8, 4) is 11.5 Å². The Morgan fingerprint density at radius 1 is 1.03 bits per heavy atom. The molecule has 0 atom stereocenters. The molecule has 1 aliphatic heterocycles. The Bertz CT molecular complexity index is 941. The molecule has 2 aromatic carbocycles. The zero-order valence-electron chi connectivity index (χ0n) is 15.9. The monoisotopic (exact) mass is 395 g/mol. The van der Waals surface area contributed by atoms with Crippen LogP contribution in [-0.4, -0.2) is 31.1 Å². The number of carbonyl (C=O) groups is 3. The molecule has 0 spiro atoms. The van der Waals surface area contributed by atoms with Gasteiger partial charge in [0, 0.05) is 6.54 Å². The highest BCUT2D eigenvalue weighted by Gasteiger charge is 2.22. The van der Waals surface area contributed by atoms with Gasteiger partial charge in [-0.05, 0) is 36.3 Å². The van der Waals surface area contributed by atoms with Gasteiger partial charge >= 0.3 is 6.03 Å². The molecule has 8 heteroatoms. The van der Waals surface area contributed by atoms with Crippen molar-refractivity contribution in [1.82, 2.24) is 16.0 Å².